The lowest BCUT2D eigenvalue weighted by atomic mass is 9.99. The Labute approximate surface area is 113 Å². The molecule has 1 aromatic heterocycles. The molecule has 1 aliphatic rings. The van der Waals surface area contributed by atoms with E-state index >= 15 is 0 Å². The zero-order valence-corrected chi connectivity index (χ0v) is 11.6. The number of benzene rings is 1. The monoisotopic (exact) mass is 256 g/mol. The lowest BCUT2D eigenvalue weighted by Gasteiger charge is -2.17. The van der Waals surface area contributed by atoms with Gasteiger partial charge in [0.25, 0.3) is 0 Å². The first-order chi connectivity index (χ1) is 9.28. The number of rotatable bonds is 4. The summed E-state index contributed by atoms with van der Waals surface area (Å²) in [5, 5.41) is 7.53. The van der Waals surface area contributed by atoms with Gasteiger partial charge in [-0.15, -0.1) is 0 Å². The summed E-state index contributed by atoms with van der Waals surface area (Å²) in [6.45, 7) is 0. The first-order valence-electron chi connectivity index (χ1n) is 6.90. The minimum atomic E-state index is 0.300. The molecule has 0 saturated carbocycles. The van der Waals surface area contributed by atoms with Crippen molar-refractivity contribution in [2.24, 2.45) is 7.05 Å². The van der Waals surface area contributed by atoms with Crippen molar-refractivity contribution >= 4 is 0 Å². The van der Waals surface area contributed by atoms with Gasteiger partial charge in [-0.3, -0.25) is 4.68 Å². The van der Waals surface area contributed by atoms with Crippen molar-refractivity contribution in [1.29, 1.82) is 0 Å². The van der Waals surface area contributed by atoms with Gasteiger partial charge in [-0.2, -0.15) is 5.10 Å². The Hall–Kier alpha value is -1.68. The molecule has 0 aliphatic heterocycles. The van der Waals surface area contributed by atoms with E-state index in [1.807, 2.05) is 18.8 Å². The molecule has 4 nitrogen and oxygen atoms in total. The summed E-state index contributed by atoms with van der Waals surface area (Å²) in [4.78, 5) is 4.31. The molecule has 19 heavy (non-hydrogen) atoms. The lowest BCUT2D eigenvalue weighted by Crippen LogP contribution is -2.20. The van der Waals surface area contributed by atoms with Gasteiger partial charge in [0.15, 0.2) is 0 Å². The quantitative estimate of drug-likeness (QED) is 0.907. The van der Waals surface area contributed by atoms with Crippen LogP contribution in [0.3, 0.4) is 0 Å². The fraction of sp³-hybridized carbons (Fsp3) is 0.467. The van der Waals surface area contributed by atoms with Gasteiger partial charge in [-0.05, 0) is 43.0 Å². The first kappa shape index (κ1) is 12.4. The Morgan fingerprint density at radius 2 is 2.16 bits per heavy atom. The molecule has 1 aromatic carbocycles. The minimum absolute atomic E-state index is 0.300. The van der Waals surface area contributed by atoms with Crippen LogP contribution in [-0.2, 0) is 26.3 Å². The van der Waals surface area contributed by atoms with E-state index in [1.165, 1.54) is 36.0 Å². The number of nitrogens with one attached hydrogen (secondary N) is 1. The molecule has 0 radical (unpaired) electrons. The molecule has 100 valence electrons. The van der Waals surface area contributed by atoms with Crippen LogP contribution in [-0.4, -0.2) is 21.8 Å². The fourth-order valence-electron chi connectivity index (χ4n) is 2.88. The zero-order valence-electron chi connectivity index (χ0n) is 11.6. The Morgan fingerprint density at radius 1 is 1.32 bits per heavy atom. The van der Waals surface area contributed by atoms with Gasteiger partial charge in [-0.1, -0.05) is 18.2 Å². The molecule has 1 N–H and O–H groups in total. The van der Waals surface area contributed by atoms with E-state index in [0.717, 1.165) is 12.2 Å². The van der Waals surface area contributed by atoms with Gasteiger partial charge in [-0.25, -0.2) is 4.98 Å². The van der Waals surface area contributed by atoms with Gasteiger partial charge in [0.1, 0.15) is 12.2 Å². The smallest absolute Gasteiger partial charge is 0.138 e. The number of nitrogens with zero attached hydrogens (tertiary/aromatic N) is 3. The van der Waals surface area contributed by atoms with Crippen LogP contribution in [0, 0.1) is 0 Å². The largest absolute Gasteiger partial charge is 0.313 e. The van der Waals surface area contributed by atoms with Crippen LogP contribution < -0.4 is 5.32 Å². The van der Waals surface area contributed by atoms with Crippen LogP contribution in [0.4, 0.5) is 0 Å². The molecular formula is C15H20N4. The Morgan fingerprint density at radius 3 is 2.89 bits per heavy atom. The molecule has 1 atom stereocenters. The maximum Gasteiger partial charge on any atom is 0.138 e. The summed E-state index contributed by atoms with van der Waals surface area (Å²) < 4.78 is 1.84. The highest BCUT2D eigenvalue weighted by molar-refractivity contribution is 5.36. The summed E-state index contributed by atoms with van der Waals surface area (Å²) in [7, 11) is 3.95. The lowest BCUT2D eigenvalue weighted by molar-refractivity contribution is 0.553. The van der Waals surface area contributed by atoms with Crippen LogP contribution in [0.1, 0.15) is 35.0 Å². The summed E-state index contributed by atoms with van der Waals surface area (Å²) in [5.41, 5.74) is 4.40. The molecule has 0 fully saturated rings. The van der Waals surface area contributed by atoms with Crippen molar-refractivity contribution in [3.05, 3.63) is 47.0 Å². The summed E-state index contributed by atoms with van der Waals surface area (Å²) in [6.07, 6.45) is 6.25. The third-order valence-corrected chi connectivity index (χ3v) is 4.07. The molecule has 0 spiro atoms. The predicted molar refractivity (Wildman–Crippen MR) is 75.0 cm³/mol. The molecule has 0 amide bonds. The average molecular weight is 256 g/mol. The molecule has 2 aromatic rings. The second kappa shape index (κ2) is 5.13. The van der Waals surface area contributed by atoms with E-state index in [4.69, 9.17) is 0 Å². The van der Waals surface area contributed by atoms with E-state index in [1.54, 1.807) is 6.33 Å². The molecule has 0 saturated heterocycles. The summed E-state index contributed by atoms with van der Waals surface area (Å²) in [6, 6.07) is 7.20. The second-order valence-electron chi connectivity index (χ2n) is 5.23. The molecule has 0 bridgehead atoms. The minimum Gasteiger partial charge on any atom is -0.313 e. The number of likely N-dealkylation sites (N-methyl/N-ethyl adjacent to an activating group) is 1. The van der Waals surface area contributed by atoms with Crippen LogP contribution in [0.5, 0.6) is 0 Å². The van der Waals surface area contributed by atoms with Crippen LogP contribution in [0.2, 0.25) is 0 Å². The van der Waals surface area contributed by atoms with Gasteiger partial charge in [0.05, 0.1) is 0 Å². The normalized spacial score (nSPS) is 15.5. The maximum absolute atomic E-state index is 4.31. The topological polar surface area (TPSA) is 42.7 Å². The Kier molecular flexibility index (Phi) is 3.34. The fourth-order valence-corrected chi connectivity index (χ4v) is 2.88. The predicted octanol–water partition coefficient (Wildman–Crippen LogP) is 1.81. The highest BCUT2D eigenvalue weighted by Gasteiger charge is 2.17. The van der Waals surface area contributed by atoms with Gasteiger partial charge < -0.3 is 5.32 Å². The number of hydrogen-bond acceptors (Lipinski definition) is 3. The van der Waals surface area contributed by atoms with Gasteiger partial charge in [0, 0.05) is 19.5 Å². The molecule has 1 unspecified atom stereocenters. The number of fused-ring (bicyclic) bond motifs is 1. The van der Waals surface area contributed by atoms with Crippen LogP contribution >= 0.6 is 0 Å². The molecular weight excluding hydrogens is 236 g/mol. The maximum atomic E-state index is 4.31. The van der Waals surface area contributed by atoms with Gasteiger partial charge in [0.2, 0.25) is 0 Å². The number of aryl methyl sites for hydroxylation is 3. The number of aromatic nitrogens is 3. The van der Waals surface area contributed by atoms with Crippen molar-refractivity contribution in [3.63, 3.8) is 0 Å². The van der Waals surface area contributed by atoms with Crippen LogP contribution in [0.15, 0.2) is 24.5 Å². The molecule has 1 heterocycles. The van der Waals surface area contributed by atoms with E-state index < -0.39 is 0 Å². The average Bonchev–Trinajstić information content (AvgIpc) is 3.04. The SMILES string of the molecule is CNC(Cc1ncnn1C)c1ccc2c(c1)CCC2. The summed E-state index contributed by atoms with van der Waals surface area (Å²) in [5.74, 6) is 1.01. The van der Waals surface area contributed by atoms with Crippen molar-refractivity contribution in [2.75, 3.05) is 7.05 Å². The van der Waals surface area contributed by atoms with Crippen LogP contribution in [0.25, 0.3) is 0 Å². The molecule has 4 heteroatoms. The Balaban J connectivity index is 1.84. The highest BCUT2D eigenvalue weighted by Crippen LogP contribution is 2.26. The third kappa shape index (κ3) is 2.40. The van der Waals surface area contributed by atoms with Gasteiger partial charge >= 0.3 is 0 Å². The van der Waals surface area contributed by atoms with Crippen molar-refractivity contribution < 1.29 is 0 Å². The summed E-state index contributed by atoms with van der Waals surface area (Å²) >= 11 is 0. The third-order valence-electron chi connectivity index (χ3n) is 4.07. The van der Waals surface area contributed by atoms with Crippen molar-refractivity contribution in [1.82, 2.24) is 20.1 Å². The first-order valence-corrected chi connectivity index (χ1v) is 6.90. The molecule has 3 rings (SSSR count). The number of hydrogen-bond donors (Lipinski definition) is 1. The molecule has 1 aliphatic carbocycles. The Bertz CT molecular complexity index is 573. The van der Waals surface area contributed by atoms with E-state index in [2.05, 4.69) is 33.6 Å². The van der Waals surface area contributed by atoms with E-state index in [-0.39, 0.29) is 0 Å². The standard InChI is InChI=1S/C15H20N4/c1-16-14(9-15-17-10-18-19(15)2)13-7-6-11-4-3-5-12(11)8-13/h6-8,10,14,16H,3-5,9H2,1-2H3. The second-order valence-corrected chi connectivity index (χ2v) is 5.23. The highest BCUT2D eigenvalue weighted by atomic mass is 15.3. The van der Waals surface area contributed by atoms with E-state index in [0.29, 0.717) is 6.04 Å². The van der Waals surface area contributed by atoms with Crippen molar-refractivity contribution in [3.8, 4) is 0 Å². The zero-order chi connectivity index (χ0) is 13.2. The van der Waals surface area contributed by atoms with Crippen molar-refractivity contribution in [2.45, 2.75) is 31.7 Å². The van der Waals surface area contributed by atoms with E-state index in [9.17, 15) is 0 Å².